The van der Waals surface area contributed by atoms with Crippen LogP contribution in [0.2, 0.25) is 0 Å². The Morgan fingerprint density at radius 1 is 1.38 bits per heavy atom. The van der Waals surface area contributed by atoms with Gasteiger partial charge in [-0.3, -0.25) is 0 Å². The Morgan fingerprint density at radius 2 is 2.33 bits per heavy atom. The smallest absolute Gasteiger partial charge is 0.182 e. The van der Waals surface area contributed by atoms with Crippen LogP contribution in [0.25, 0.3) is 17.0 Å². The molecule has 0 amide bonds. The van der Waals surface area contributed by atoms with Gasteiger partial charge in [-0.15, -0.1) is 0 Å². The second kappa shape index (κ2) is 4.92. The van der Waals surface area contributed by atoms with Crippen molar-refractivity contribution in [2.24, 2.45) is 0 Å². The Hall–Kier alpha value is -2.28. The van der Waals surface area contributed by atoms with E-state index < -0.39 is 0 Å². The fourth-order valence-electron chi connectivity index (χ4n) is 3.11. The molecule has 1 aliphatic rings. The van der Waals surface area contributed by atoms with Gasteiger partial charge in [0, 0.05) is 11.6 Å². The number of rotatable bonds is 3. The van der Waals surface area contributed by atoms with E-state index in [9.17, 15) is 0 Å². The summed E-state index contributed by atoms with van der Waals surface area (Å²) >= 11 is 0. The molecule has 3 aromatic rings. The van der Waals surface area contributed by atoms with Crippen LogP contribution in [-0.2, 0) is 6.42 Å². The highest BCUT2D eigenvalue weighted by atomic mass is 15.3. The molecule has 3 heterocycles. The maximum atomic E-state index is 4.57. The second-order valence-electron chi connectivity index (χ2n) is 5.26. The zero-order valence-corrected chi connectivity index (χ0v) is 11.9. The molecule has 3 aromatic heterocycles. The van der Waals surface area contributed by atoms with Gasteiger partial charge in [0.15, 0.2) is 11.5 Å². The van der Waals surface area contributed by atoms with Gasteiger partial charge < -0.3 is 10.3 Å². The molecule has 7 heteroatoms. The third-order valence-corrected chi connectivity index (χ3v) is 4.04. The minimum absolute atomic E-state index is 0.395. The molecule has 0 saturated carbocycles. The van der Waals surface area contributed by atoms with Crippen molar-refractivity contribution in [1.29, 1.82) is 0 Å². The van der Waals surface area contributed by atoms with Crippen LogP contribution in [0.15, 0.2) is 18.9 Å². The van der Waals surface area contributed by atoms with E-state index in [1.807, 2.05) is 10.9 Å². The van der Waals surface area contributed by atoms with Crippen molar-refractivity contribution in [1.82, 2.24) is 35.0 Å². The molecule has 108 valence electrons. The third-order valence-electron chi connectivity index (χ3n) is 4.04. The zero-order chi connectivity index (χ0) is 14.2. The van der Waals surface area contributed by atoms with E-state index in [0.29, 0.717) is 11.7 Å². The summed E-state index contributed by atoms with van der Waals surface area (Å²) in [5.41, 5.74) is 4.02. The maximum Gasteiger partial charge on any atom is 0.182 e. The summed E-state index contributed by atoms with van der Waals surface area (Å²) in [5, 5.41) is 8.10. The lowest BCUT2D eigenvalue weighted by molar-refractivity contribution is 0.466. The molecule has 0 fully saturated rings. The van der Waals surface area contributed by atoms with Crippen molar-refractivity contribution >= 4 is 11.2 Å². The zero-order valence-electron chi connectivity index (χ0n) is 11.9. The predicted octanol–water partition coefficient (Wildman–Crippen LogP) is 1.53. The molecule has 21 heavy (non-hydrogen) atoms. The minimum Gasteiger partial charge on any atom is -0.340 e. The molecule has 0 spiro atoms. The van der Waals surface area contributed by atoms with Crippen LogP contribution >= 0.6 is 0 Å². The van der Waals surface area contributed by atoms with Crippen LogP contribution in [0, 0.1) is 0 Å². The molecule has 7 nitrogen and oxygen atoms in total. The highest BCUT2D eigenvalue weighted by Gasteiger charge is 2.25. The first-order valence-electron chi connectivity index (χ1n) is 7.33. The topological polar surface area (TPSA) is 84.3 Å². The van der Waals surface area contributed by atoms with Crippen molar-refractivity contribution in [2.45, 2.75) is 32.2 Å². The molecular weight excluding hydrogens is 266 g/mol. The molecule has 1 atom stereocenters. The highest BCUT2D eigenvalue weighted by molar-refractivity contribution is 5.77. The first-order valence-corrected chi connectivity index (χ1v) is 7.33. The van der Waals surface area contributed by atoms with Gasteiger partial charge in [-0.05, 0) is 25.8 Å². The van der Waals surface area contributed by atoms with Crippen LogP contribution in [-0.4, -0.2) is 36.3 Å². The first kappa shape index (κ1) is 12.5. The van der Waals surface area contributed by atoms with E-state index >= 15 is 0 Å². The van der Waals surface area contributed by atoms with E-state index in [2.05, 4.69) is 37.3 Å². The number of nitrogens with one attached hydrogen (secondary N) is 2. The van der Waals surface area contributed by atoms with Crippen molar-refractivity contribution in [3.8, 4) is 5.82 Å². The number of aromatic amines is 1. The lowest BCUT2D eigenvalue weighted by Gasteiger charge is -2.23. The maximum absolute atomic E-state index is 4.57. The largest absolute Gasteiger partial charge is 0.340 e. The van der Waals surface area contributed by atoms with Gasteiger partial charge in [0.05, 0.1) is 18.2 Å². The molecule has 0 radical (unpaired) electrons. The van der Waals surface area contributed by atoms with Crippen LogP contribution in [0.3, 0.4) is 0 Å². The number of imidazole rings is 1. The van der Waals surface area contributed by atoms with Gasteiger partial charge >= 0.3 is 0 Å². The van der Waals surface area contributed by atoms with Crippen molar-refractivity contribution in [3.05, 3.63) is 30.1 Å². The highest BCUT2D eigenvalue weighted by Crippen LogP contribution is 2.31. The summed E-state index contributed by atoms with van der Waals surface area (Å²) in [6, 6.07) is 0.395. The molecular formula is C14H17N7. The summed E-state index contributed by atoms with van der Waals surface area (Å²) in [6.45, 7) is 3.10. The second-order valence-corrected chi connectivity index (χ2v) is 5.26. The summed E-state index contributed by atoms with van der Waals surface area (Å²) < 4.78 is 1.93. The van der Waals surface area contributed by atoms with Gasteiger partial charge in [0.1, 0.15) is 11.8 Å². The van der Waals surface area contributed by atoms with Crippen LogP contribution in [0.1, 0.15) is 37.1 Å². The van der Waals surface area contributed by atoms with Gasteiger partial charge in [-0.1, -0.05) is 6.92 Å². The molecule has 2 N–H and O–H groups in total. The average Bonchev–Trinajstić information content (AvgIpc) is 3.14. The average molecular weight is 283 g/mol. The molecule has 0 aromatic carbocycles. The first-order chi connectivity index (χ1) is 10.4. The van der Waals surface area contributed by atoms with Gasteiger partial charge in [0.2, 0.25) is 0 Å². The Balaban J connectivity index is 1.85. The van der Waals surface area contributed by atoms with E-state index in [-0.39, 0.29) is 0 Å². The molecule has 4 rings (SSSR count). The summed E-state index contributed by atoms with van der Waals surface area (Å²) in [7, 11) is 0. The molecule has 0 bridgehead atoms. The quantitative estimate of drug-likeness (QED) is 0.761. The standard InChI is InChI=1S/C14H17N7/c1-2-15-10-4-3-5-11-9(10)6-20-21(11)14-12-13(17-7-16-12)18-8-19-14/h6-8,10,15H,2-5H2,1H3,(H,16,17,18,19). The fraction of sp³-hybridized carbons (Fsp3) is 0.429. The molecule has 1 unspecified atom stereocenters. The number of hydrogen-bond acceptors (Lipinski definition) is 5. The number of hydrogen-bond donors (Lipinski definition) is 2. The van der Waals surface area contributed by atoms with Crippen molar-refractivity contribution in [2.75, 3.05) is 6.54 Å². The van der Waals surface area contributed by atoms with Gasteiger partial charge in [0.25, 0.3) is 0 Å². The minimum atomic E-state index is 0.395. The number of aromatic nitrogens is 6. The summed E-state index contributed by atoms with van der Waals surface area (Å²) in [6.07, 6.45) is 8.49. The Bertz CT molecular complexity index is 773. The van der Waals surface area contributed by atoms with Crippen molar-refractivity contribution < 1.29 is 0 Å². The van der Waals surface area contributed by atoms with E-state index in [1.54, 1.807) is 6.33 Å². The number of fused-ring (bicyclic) bond motifs is 2. The summed E-state index contributed by atoms with van der Waals surface area (Å²) in [4.78, 5) is 15.9. The molecule has 1 aliphatic carbocycles. The van der Waals surface area contributed by atoms with Crippen LogP contribution < -0.4 is 5.32 Å². The van der Waals surface area contributed by atoms with Crippen molar-refractivity contribution in [3.63, 3.8) is 0 Å². The van der Waals surface area contributed by atoms with E-state index in [1.165, 1.54) is 17.6 Å². The monoisotopic (exact) mass is 283 g/mol. The van der Waals surface area contributed by atoms with Gasteiger partial charge in [-0.25, -0.2) is 19.6 Å². The third kappa shape index (κ3) is 1.92. The summed E-state index contributed by atoms with van der Waals surface area (Å²) in [5.74, 6) is 0.774. The Labute approximate surface area is 121 Å². The lowest BCUT2D eigenvalue weighted by atomic mass is 9.93. The Kier molecular flexibility index (Phi) is 2.92. The SMILES string of the molecule is CCNC1CCCc2c1cnn2-c1ncnc2nc[nH]c12. The lowest BCUT2D eigenvalue weighted by Crippen LogP contribution is -2.25. The van der Waals surface area contributed by atoms with Gasteiger partial charge in [-0.2, -0.15) is 5.10 Å². The van der Waals surface area contributed by atoms with Crippen LogP contribution in [0.5, 0.6) is 0 Å². The van der Waals surface area contributed by atoms with E-state index in [4.69, 9.17) is 0 Å². The Morgan fingerprint density at radius 3 is 3.24 bits per heavy atom. The normalized spacial score (nSPS) is 18.0. The number of nitrogens with zero attached hydrogens (tertiary/aromatic N) is 5. The van der Waals surface area contributed by atoms with E-state index in [0.717, 1.165) is 37.1 Å². The predicted molar refractivity (Wildman–Crippen MR) is 78.2 cm³/mol. The van der Waals surface area contributed by atoms with Crippen LogP contribution in [0.4, 0.5) is 0 Å². The molecule has 0 aliphatic heterocycles. The fourth-order valence-corrected chi connectivity index (χ4v) is 3.11. The number of H-pyrrole nitrogens is 1. The molecule has 0 saturated heterocycles.